The topological polar surface area (TPSA) is 199 Å². The lowest BCUT2D eigenvalue weighted by atomic mass is 9.78. The van der Waals surface area contributed by atoms with E-state index in [1.54, 1.807) is 26.0 Å². The number of phenolic OH excluding ortho intramolecular Hbond substituents is 1. The number of methoxy groups -OCH3 is 1. The number of aliphatic hydroxyl groups is 2. The Kier molecular flexibility index (Phi) is 10.3. The Bertz CT molecular complexity index is 1590. The molecule has 0 radical (unpaired) electrons. The van der Waals surface area contributed by atoms with E-state index in [2.05, 4.69) is 5.32 Å². The Balaban J connectivity index is 1.81. The van der Waals surface area contributed by atoms with Gasteiger partial charge in [-0.25, -0.2) is 0 Å². The summed E-state index contributed by atoms with van der Waals surface area (Å²) in [6, 6.07) is -1.57. The van der Waals surface area contributed by atoms with E-state index in [1.165, 1.54) is 40.2 Å². The molecular formula is C35H45N3O9. The highest BCUT2D eigenvalue weighted by Gasteiger charge is 2.52. The summed E-state index contributed by atoms with van der Waals surface area (Å²) in [4.78, 5) is 40.7. The number of allylic oxidation sites excluding steroid dienone is 3. The molecule has 5 rings (SSSR count). The molecule has 6 N–H and O–H groups in total. The van der Waals surface area contributed by atoms with Gasteiger partial charge in [0.15, 0.2) is 5.78 Å². The molecule has 1 aromatic carbocycles. The molecule has 9 unspecified atom stereocenters. The fourth-order valence-corrected chi connectivity index (χ4v) is 6.53. The van der Waals surface area contributed by atoms with Crippen molar-refractivity contribution in [1.82, 2.24) is 5.32 Å². The smallest absolute Gasteiger partial charge is 0.312 e. The molecule has 0 spiro atoms. The summed E-state index contributed by atoms with van der Waals surface area (Å²) in [6.45, 7) is 11.7. The first-order valence-corrected chi connectivity index (χ1v) is 15.7. The van der Waals surface area contributed by atoms with Gasteiger partial charge in [-0.15, -0.1) is 0 Å². The van der Waals surface area contributed by atoms with Gasteiger partial charge in [-0.3, -0.25) is 19.8 Å². The zero-order valence-corrected chi connectivity index (χ0v) is 28.0. The third kappa shape index (κ3) is 6.41. The molecule has 1 amide bonds. The number of ketones is 2. The quantitative estimate of drug-likeness (QED) is 0.262. The van der Waals surface area contributed by atoms with Crippen molar-refractivity contribution in [1.29, 1.82) is 10.8 Å². The van der Waals surface area contributed by atoms with Crippen LogP contribution in [-0.2, 0) is 14.3 Å². The Hall–Kier alpha value is -4.13. The maximum Gasteiger partial charge on any atom is 0.312 e. The van der Waals surface area contributed by atoms with Crippen molar-refractivity contribution in [2.45, 2.75) is 85.0 Å². The molecule has 12 nitrogen and oxygen atoms in total. The minimum atomic E-state index is -1.97. The van der Waals surface area contributed by atoms with E-state index in [0.29, 0.717) is 6.42 Å². The summed E-state index contributed by atoms with van der Waals surface area (Å²) in [5, 5.41) is 53.4. The fourth-order valence-electron chi connectivity index (χ4n) is 6.53. The standard InChI is InChI=1S/C35H45N3O9/c1-15-10-9-11-16(2)34(44)38-27-26(37)25(36)22-23(31(27)42)30(41)20(6)32-24(22)33(43)35(7,47-32)46-13-12-21(45-8)18(4)29(40)19(5)28(39)17(3)14-15/h9-13,15,17-19,21,27-29,36-37,39-41H,14H2,1-8H3,(H,38,44)/b10-9?,13-12?,16-11-,36-25?,37-26?. The molecule has 12 heteroatoms. The lowest BCUT2D eigenvalue weighted by Gasteiger charge is -2.34. The van der Waals surface area contributed by atoms with Crippen LogP contribution in [0.2, 0.25) is 0 Å². The second-order valence-corrected chi connectivity index (χ2v) is 13.1. The molecule has 254 valence electrons. The number of aromatic hydroxyl groups is 1. The number of nitrogens with one attached hydrogen (secondary N) is 3. The normalized spacial score (nSPS) is 34.9. The second kappa shape index (κ2) is 13.5. The number of phenols is 1. The number of carbonyl (C=O) groups excluding carboxylic acids is 3. The number of fused-ring (bicyclic) bond motifs is 14. The van der Waals surface area contributed by atoms with Gasteiger partial charge in [-0.2, -0.15) is 0 Å². The fraction of sp³-hybridized carbons (Fsp3) is 0.514. The van der Waals surface area contributed by atoms with Crippen molar-refractivity contribution in [3.8, 4) is 11.5 Å². The monoisotopic (exact) mass is 651 g/mol. The first-order chi connectivity index (χ1) is 22.0. The number of benzene rings is 1. The zero-order valence-electron chi connectivity index (χ0n) is 28.0. The summed E-state index contributed by atoms with van der Waals surface area (Å²) in [7, 11) is 1.46. The molecule has 47 heavy (non-hydrogen) atoms. The maximum absolute atomic E-state index is 13.9. The lowest BCUT2D eigenvalue weighted by molar-refractivity contribution is -0.117. The number of aliphatic hydroxyl groups excluding tert-OH is 2. The highest BCUT2D eigenvalue weighted by atomic mass is 16.7. The van der Waals surface area contributed by atoms with Gasteiger partial charge in [-0.05, 0) is 38.2 Å². The van der Waals surface area contributed by atoms with Crippen molar-refractivity contribution in [3.05, 3.63) is 58.4 Å². The van der Waals surface area contributed by atoms with Gasteiger partial charge in [0.25, 0.3) is 5.78 Å². The predicted octanol–water partition coefficient (Wildman–Crippen LogP) is 3.78. The van der Waals surface area contributed by atoms with Crippen LogP contribution in [0.1, 0.15) is 79.8 Å². The number of carbonyl (C=O) groups is 3. The summed E-state index contributed by atoms with van der Waals surface area (Å²) in [6.07, 6.45) is 5.96. The van der Waals surface area contributed by atoms with Crippen molar-refractivity contribution in [3.63, 3.8) is 0 Å². The minimum Gasteiger partial charge on any atom is -0.507 e. The van der Waals surface area contributed by atoms with Gasteiger partial charge in [-0.1, -0.05) is 45.9 Å². The van der Waals surface area contributed by atoms with E-state index in [1.807, 2.05) is 19.9 Å². The van der Waals surface area contributed by atoms with Crippen LogP contribution in [-0.4, -0.2) is 81.5 Å². The van der Waals surface area contributed by atoms with Crippen molar-refractivity contribution in [2.75, 3.05) is 7.11 Å². The van der Waals surface area contributed by atoms with Crippen LogP contribution >= 0.6 is 0 Å². The summed E-state index contributed by atoms with van der Waals surface area (Å²) >= 11 is 0. The number of amides is 1. The molecule has 4 aliphatic rings. The van der Waals surface area contributed by atoms with Gasteiger partial charge < -0.3 is 40.3 Å². The van der Waals surface area contributed by atoms with E-state index < -0.39 is 76.6 Å². The van der Waals surface area contributed by atoms with Crippen molar-refractivity contribution >= 4 is 28.9 Å². The van der Waals surface area contributed by atoms with Crippen LogP contribution < -0.4 is 10.1 Å². The van der Waals surface area contributed by atoms with E-state index >= 15 is 0 Å². The summed E-state index contributed by atoms with van der Waals surface area (Å²) in [5.41, 5.74) is -1.60. The van der Waals surface area contributed by atoms with Crippen LogP contribution in [0.4, 0.5) is 0 Å². The largest absolute Gasteiger partial charge is 0.507 e. The number of Topliss-reactive ketones (excluding diaryl/α,β-unsaturated/α-hetero) is 2. The minimum absolute atomic E-state index is 0.00923. The molecule has 0 saturated heterocycles. The van der Waals surface area contributed by atoms with E-state index in [0.717, 1.165) is 0 Å². The third-order valence-electron chi connectivity index (χ3n) is 9.63. The van der Waals surface area contributed by atoms with Gasteiger partial charge in [0.1, 0.15) is 17.5 Å². The first kappa shape index (κ1) is 35.7. The van der Waals surface area contributed by atoms with Crippen LogP contribution in [0.3, 0.4) is 0 Å². The highest BCUT2D eigenvalue weighted by molar-refractivity contribution is 6.57. The van der Waals surface area contributed by atoms with E-state index in [9.17, 15) is 29.7 Å². The number of hydrogen-bond donors (Lipinski definition) is 6. The second-order valence-electron chi connectivity index (χ2n) is 13.1. The van der Waals surface area contributed by atoms with Crippen molar-refractivity contribution in [2.24, 2.45) is 23.7 Å². The average Bonchev–Trinajstić information content (AvgIpc) is 3.29. The van der Waals surface area contributed by atoms with Gasteiger partial charge >= 0.3 is 5.79 Å². The first-order valence-electron chi connectivity index (χ1n) is 15.7. The molecule has 1 aromatic rings. The molecule has 0 saturated carbocycles. The SMILES string of the molecule is COC1C=COC2(C)Oc3c(C)c(O)c4c(c3C2=O)C(=N)C(=N)C(NC(=O)/C(C)=C\C=CC(C)CC(C)C(O)C(C)C(O)C1C)C4=O. The Morgan fingerprint density at radius 3 is 2.28 bits per heavy atom. The molecule has 3 aliphatic heterocycles. The molecule has 0 aromatic heterocycles. The molecule has 5 bridgehead atoms. The predicted molar refractivity (Wildman–Crippen MR) is 174 cm³/mol. The van der Waals surface area contributed by atoms with E-state index in [-0.39, 0.29) is 45.4 Å². The summed E-state index contributed by atoms with van der Waals surface area (Å²) in [5.74, 6) is -6.02. The number of hydrogen-bond acceptors (Lipinski definition) is 11. The number of rotatable bonds is 1. The van der Waals surface area contributed by atoms with Crippen LogP contribution in [0.5, 0.6) is 11.5 Å². The molecule has 1 aliphatic carbocycles. The molecular weight excluding hydrogens is 606 g/mol. The lowest BCUT2D eigenvalue weighted by Crippen LogP contribution is -2.52. The Morgan fingerprint density at radius 2 is 1.64 bits per heavy atom. The maximum atomic E-state index is 13.9. The summed E-state index contributed by atoms with van der Waals surface area (Å²) < 4.78 is 17.3. The van der Waals surface area contributed by atoms with Gasteiger partial charge in [0, 0.05) is 42.6 Å². The Labute approximate surface area is 274 Å². The zero-order chi connectivity index (χ0) is 35.1. The average molecular weight is 652 g/mol. The van der Waals surface area contributed by atoms with Gasteiger partial charge in [0.05, 0.1) is 47.1 Å². The van der Waals surface area contributed by atoms with Crippen molar-refractivity contribution < 1.29 is 43.9 Å². The third-order valence-corrected chi connectivity index (χ3v) is 9.63. The Morgan fingerprint density at radius 1 is 0.979 bits per heavy atom. The van der Waals surface area contributed by atoms with Crippen LogP contribution in [0.25, 0.3) is 0 Å². The molecule has 9 atom stereocenters. The highest BCUT2D eigenvalue weighted by Crippen LogP contribution is 2.47. The molecule has 0 fully saturated rings. The van der Waals surface area contributed by atoms with Crippen LogP contribution in [0, 0.1) is 41.4 Å². The van der Waals surface area contributed by atoms with Gasteiger partial charge in [0.2, 0.25) is 5.91 Å². The van der Waals surface area contributed by atoms with Crippen LogP contribution in [0.15, 0.2) is 36.1 Å². The molecule has 3 heterocycles. The number of ether oxygens (including phenoxy) is 3. The van der Waals surface area contributed by atoms with E-state index in [4.69, 9.17) is 25.0 Å².